The number of hydrogen-bond acceptors (Lipinski definition) is 5. The van der Waals surface area contributed by atoms with Crippen molar-refractivity contribution in [3.63, 3.8) is 0 Å². The molecule has 7 nitrogen and oxygen atoms in total. The number of carbonyl (C=O) groups is 1. The molecule has 0 N–H and O–H groups in total. The second-order valence-corrected chi connectivity index (χ2v) is 3.93. The Hall–Kier alpha value is -2.83. The Kier molecular flexibility index (Phi) is 2.64. The highest BCUT2D eigenvalue weighted by atomic mass is 16.2. The lowest BCUT2D eigenvalue weighted by molar-refractivity contribution is 0.236. The Morgan fingerprint density at radius 3 is 2.63 bits per heavy atom. The van der Waals surface area contributed by atoms with Crippen LogP contribution in [0.3, 0.4) is 0 Å². The van der Waals surface area contributed by atoms with E-state index >= 15 is 0 Å². The van der Waals surface area contributed by atoms with E-state index in [0.717, 1.165) is 10.2 Å². The van der Waals surface area contributed by atoms with E-state index in [0.29, 0.717) is 11.4 Å². The normalized spacial score (nSPS) is 10.6. The van der Waals surface area contributed by atoms with Gasteiger partial charge in [-0.25, -0.2) is 4.79 Å². The van der Waals surface area contributed by atoms with Gasteiger partial charge in [0.25, 0.3) is 0 Å². The van der Waals surface area contributed by atoms with Gasteiger partial charge >= 0.3 is 6.03 Å². The third-order valence-corrected chi connectivity index (χ3v) is 2.74. The van der Waals surface area contributed by atoms with Crippen LogP contribution in [-0.2, 0) is 0 Å². The number of carbonyl (C=O) groups excluding carboxylic acids is 1. The Morgan fingerprint density at radius 2 is 1.95 bits per heavy atom. The van der Waals surface area contributed by atoms with Crippen LogP contribution < -0.4 is 0 Å². The quantitative estimate of drug-likeness (QED) is 0.655. The lowest BCUT2D eigenvalue weighted by Gasteiger charge is -2.01. The fraction of sp³-hybridized carbons (Fsp3) is 0.0833. The van der Waals surface area contributed by atoms with Gasteiger partial charge < -0.3 is 0 Å². The third kappa shape index (κ3) is 1.90. The Balaban J connectivity index is 2.02. The van der Waals surface area contributed by atoms with Gasteiger partial charge in [-0.05, 0) is 6.92 Å². The monoisotopic (exact) mass is 254 g/mol. The van der Waals surface area contributed by atoms with E-state index in [1.54, 1.807) is 6.92 Å². The summed E-state index contributed by atoms with van der Waals surface area (Å²) in [5.41, 5.74) is 2.25. The van der Waals surface area contributed by atoms with Crippen LogP contribution in [-0.4, -0.2) is 36.0 Å². The van der Waals surface area contributed by atoms with Crippen LogP contribution in [0.25, 0.3) is 11.3 Å². The summed E-state index contributed by atoms with van der Waals surface area (Å²) < 4.78 is 2.31. The molecule has 94 valence electrons. The highest BCUT2D eigenvalue weighted by Crippen LogP contribution is 2.19. The SMILES string of the molecule is Cc1c(-c2ccccc2)nnn1C(=O)n1ccnn1. The average Bonchev–Trinajstić information content (AvgIpc) is 3.08. The molecular formula is C12H10N6O. The molecule has 0 amide bonds. The van der Waals surface area contributed by atoms with Crippen molar-refractivity contribution in [1.29, 1.82) is 0 Å². The number of rotatable bonds is 1. The summed E-state index contributed by atoms with van der Waals surface area (Å²) >= 11 is 0. The zero-order valence-electron chi connectivity index (χ0n) is 10.1. The first-order valence-electron chi connectivity index (χ1n) is 5.66. The number of nitrogens with zero attached hydrogens (tertiary/aromatic N) is 6. The third-order valence-electron chi connectivity index (χ3n) is 2.74. The lowest BCUT2D eigenvalue weighted by Crippen LogP contribution is -2.22. The van der Waals surface area contributed by atoms with Crippen molar-refractivity contribution in [3.05, 3.63) is 48.4 Å². The minimum atomic E-state index is -0.412. The van der Waals surface area contributed by atoms with Gasteiger partial charge in [0.15, 0.2) is 0 Å². The van der Waals surface area contributed by atoms with E-state index in [2.05, 4.69) is 20.6 Å². The molecule has 0 aliphatic heterocycles. The molecule has 0 bridgehead atoms. The summed E-state index contributed by atoms with van der Waals surface area (Å²) in [4.78, 5) is 12.1. The molecule has 3 aromatic rings. The molecule has 0 aliphatic rings. The molecule has 0 spiro atoms. The smallest absolute Gasteiger partial charge is 0.243 e. The van der Waals surface area contributed by atoms with Gasteiger partial charge in [-0.3, -0.25) is 0 Å². The zero-order chi connectivity index (χ0) is 13.2. The van der Waals surface area contributed by atoms with Gasteiger partial charge in [0.1, 0.15) is 5.69 Å². The Morgan fingerprint density at radius 1 is 1.16 bits per heavy atom. The molecule has 1 aromatic carbocycles. The van der Waals surface area contributed by atoms with E-state index < -0.39 is 6.03 Å². The summed E-state index contributed by atoms with van der Waals surface area (Å²) in [5, 5.41) is 15.2. The van der Waals surface area contributed by atoms with Crippen LogP contribution >= 0.6 is 0 Å². The fourth-order valence-corrected chi connectivity index (χ4v) is 1.78. The highest BCUT2D eigenvalue weighted by molar-refractivity contribution is 5.79. The van der Waals surface area contributed by atoms with Gasteiger partial charge in [0, 0.05) is 5.56 Å². The summed E-state index contributed by atoms with van der Waals surface area (Å²) in [6.45, 7) is 1.79. The molecule has 7 heteroatoms. The van der Waals surface area contributed by atoms with E-state index in [4.69, 9.17) is 0 Å². The van der Waals surface area contributed by atoms with Gasteiger partial charge in [0.05, 0.1) is 18.1 Å². The van der Waals surface area contributed by atoms with Gasteiger partial charge in [-0.1, -0.05) is 40.8 Å². The topological polar surface area (TPSA) is 78.5 Å². The van der Waals surface area contributed by atoms with Crippen molar-refractivity contribution in [2.24, 2.45) is 0 Å². The first kappa shape index (κ1) is 11.3. The summed E-state index contributed by atoms with van der Waals surface area (Å²) in [6.07, 6.45) is 2.90. The molecule has 0 radical (unpaired) electrons. The lowest BCUT2D eigenvalue weighted by atomic mass is 10.1. The first-order valence-corrected chi connectivity index (χ1v) is 5.66. The average molecular weight is 254 g/mol. The maximum absolute atomic E-state index is 12.1. The first-order chi connectivity index (χ1) is 9.27. The van der Waals surface area contributed by atoms with Crippen LogP contribution in [0.4, 0.5) is 4.79 Å². The van der Waals surface area contributed by atoms with Crippen molar-refractivity contribution in [2.45, 2.75) is 6.92 Å². The zero-order valence-corrected chi connectivity index (χ0v) is 10.1. The molecule has 2 heterocycles. The van der Waals surface area contributed by atoms with Crippen LogP contribution in [0, 0.1) is 6.92 Å². The van der Waals surface area contributed by atoms with Crippen LogP contribution in [0.2, 0.25) is 0 Å². The van der Waals surface area contributed by atoms with Gasteiger partial charge in [-0.15, -0.1) is 10.2 Å². The second-order valence-electron chi connectivity index (χ2n) is 3.93. The minimum Gasteiger partial charge on any atom is -0.243 e. The minimum absolute atomic E-state index is 0.412. The van der Waals surface area contributed by atoms with E-state index in [9.17, 15) is 4.79 Å². The van der Waals surface area contributed by atoms with Gasteiger partial charge in [0.2, 0.25) is 0 Å². The standard InChI is InChI=1S/C12H10N6O/c1-9-11(10-5-3-2-4-6-10)14-16-18(9)12(19)17-8-7-13-15-17/h2-8H,1H3. The molecular weight excluding hydrogens is 244 g/mol. The molecule has 19 heavy (non-hydrogen) atoms. The maximum atomic E-state index is 12.1. The summed E-state index contributed by atoms with van der Waals surface area (Å²) in [7, 11) is 0. The second kappa shape index (κ2) is 4.45. The largest absolute Gasteiger partial charge is 0.372 e. The fourth-order valence-electron chi connectivity index (χ4n) is 1.78. The molecule has 0 fully saturated rings. The summed E-state index contributed by atoms with van der Waals surface area (Å²) in [6, 6.07) is 9.16. The van der Waals surface area contributed by atoms with Crippen molar-refractivity contribution < 1.29 is 4.79 Å². The molecule has 0 atom stereocenters. The van der Waals surface area contributed by atoms with E-state index in [-0.39, 0.29) is 0 Å². The van der Waals surface area contributed by atoms with Crippen LogP contribution in [0.1, 0.15) is 5.69 Å². The van der Waals surface area contributed by atoms with Crippen molar-refractivity contribution in [3.8, 4) is 11.3 Å². The molecule has 0 aliphatic carbocycles. The van der Waals surface area contributed by atoms with Crippen molar-refractivity contribution in [2.75, 3.05) is 0 Å². The molecule has 0 saturated carbocycles. The molecule has 2 aromatic heterocycles. The maximum Gasteiger partial charge on any atom is 0.372 e. The molecule has 3 rings (SSSR count). The molecule has 0 unspecified atom stereocenters. The van der Waals surface area contributed by atoms with Crippen molar-refractivity contribution in [1.82, 2.24) is 30.0 Å². The number of aromatic nitrogens is 6. The van der Waals surface area contributed by atoms with E-state index in [1.807, 2.05) is 30.3 Å². The van der Waals surface area contributed by atoms with Gasteiger partial charge in [-0.2, -0.15) is 9.36 Å². The number of benzene rings is 1. The Bertz CT molecular complexity index is 701. The number of hydrogen-bond donors (Lipinski definition) is 0. The van der Waals surface area contributed by atoms with Crippen LogP contribution in [0.15, 0.2) is 42.7 Å². The predicted octanol–water partition coefficient (Wildman–Crippen LogP) is 1.36. The van der Waals surface area contributed by atoms with Crippen molar-refractivity contribution >= 4 is 6.03 Å². The summed E-state index contributed by atoms with van der Waals surface area (Å²) in [5.74, 6) is 0. The highest BCUT2D eigenvalue weighted by Gasteiger charge is 2.17. The molecule has 0 saturated heterocycles. The predicted molar refractivity (Wildman–Crippen MR) is 66.4 cm³/mol. The Labute approximate surface area is 108 Å². The van der Waals surface area contributed by atoms with E-state index in [1.165, 1.54) is 17.1 Å². The van der Waals surface area contributed by atoms with Crippen LogP contribution in [0.5, 0.6) is 0 Å².